The van der Waals surface area contributed by atoms with Gasteiger partial charge in [-0.15, -0.1) is 0 Å². The summed E-state index contributed by atoms with van der Waals surface area (Å²) in [6.45, 7) is 1.98. The Bertz CT molecular complexity index is 829. The summed E-state index contributed by atoms with van der Waals surface area (Å²) in [7, 11) is 1.79. The van der Waals surface area contributed by atoms with E-state index in [4.69, 9.17) is 0 Å². The predicted octanol–water partition coefficient (Wildman–Crippen LogP) is 3.46. The topological polar surface area (TPSA) is 49.0 Å². The normalized spacial score (nSPS) is 12.3. The van der Waals surface area contributed by atoms with E-state index in [0.717, 1.165) is 16.5 Å². The molecule has 0 aliphatic heterocycles. The summed E-state index contributed by atoms with van der Waals surface area (Å²) in [5.41, 5.74) is 2.62. The molecule has 23 heavy (non-hydrogen) atoms. The highest BCUT2D eigenvalue weighted by atomic mass is 19.1. The average Bonchev–Trinajstić information content (AvgIpc) is 2.96. The third kappa shape index (κ3) is 3.08. The van der Waals surface area contributed by atoms with Gasteiger partial charge < -0.3 is 9.88 Å². The zero-order valence-electron chi connectivity index (χ0n) is 13.1. The number of aromatic amines is 1. The molecule has 1 atom stereocenters. The van der Waals surface area contributed by atoms with E-state index in [9.17, 15) is 9.18 Å². The fourth-order valence-corrected chi connectivity index (χ4v) is 2.67. The molecular weight excluding hydrogens is 293 g/mol. The van der Waals surface area contributed by atoms with Crippen LogP contribution in [0.5, 0.6) is 0 Å². The lowest BCUT2D eigenvalue weighted by Crippen LogP contribution is -2.30. The molecule has 3 aromatic rings. The molecule has 1 amide bonds. The van der Waals surface area contributed by atoms with Crippen LogP contribution in [-0.2, 0) is 11.2 Å². The Morgan fingerprint density at radius 1 is 1.30 bits per heavy atom. The minimum Gasteiger partial charge on any atom is -0.361 e. The third-order valence-electron chi connectivity index (χ3n) is 4.23. The molecule has 0 bridgehead atoms. The summed E-state index contributed by atoms with van der Waals surface area (Å²) in [4.78, 5) is 21.3. The number of likely N-dealkylation sites (N-methyl/N-ethyl adjacent to an activating group) is 1. The molecule has 0 radical (unpaired) electrons. The Kier molecular flexibility index (Phi) is 4.10. The third-order valence-corrected chi connectivity index (χ3v) is 4.23. The number of rotatable bonds is 4. The number of nitrogens with zero attached hydrogens (tertiary/aromatic N) is 2. The molecule has 0 spiro atoms. The van der Waals surface area contributed by atoms with Gasteiger partial charge in [-0.2, -0.15) is 0 Å². The SMILES string of the molecule is C[C@H](c1ccncc1)N(C)C(=O)Cc1c[nH]c2cc(F)ccc12. The Hall–Kier alpha value is -2.69. The standard InChI is InChI=1S/C18H18FN3O/c1-12(13-5-7-20-8-6-13)22(2)18(23)9-14-11-21-17-10-15(19)3-4-16(14)17/h3-8,10-12,21H,9H2,1-2H3/t12-/m1/s1. The minimum atomic E-state index is -0.291. The van der Waals surface area contributed by atoms with Crippen molar-refractivity contribution in [2.24, 2.45) is 0 Å². The van der Waals surface area contributed by atoms with Crippen molar-refractivity contribution in [2.45, 2.75) is 19.4 Å². The quantitative estimate of drug-likeness (QED) is 0.802. The first-order chi connectivity index (χ1) is 11.1. The van der Waals surface area contributed by atoms with Crippen molar-refractivity contribution in [1.82, 2.24) is 14.9 Å². The summed E-state index contributed by atoms with van der Waals surface area (Å²) >= 11 is 0. The maximum atomic E-state index is 13.2. The number of fused-ring (bicyclic) bond motifs is 1. The molecule has 0 saturated carbocycles. The van der Waals surface area contributed by atoms with Crippen LogP contribution < -0.4 is 0 Å². The lowest BCUT2D eigenvalue weighted by Gasteiger charge is -2.25. The molecule has 0 aliphatic carbocycles. The summed E-state index contributed by atoms with van der Waals surface area (Å²) in [6.07, 6.45) is 5.49. The molecule has 0 saturated heterocycles. The van der Waals surface area contributed by atoms with Crippen LogP contribution in [0.3, 0.4) is 0 Å². The summed E-state index contributed by atoms with van der Waals surface area (Å²) < 4.78 is 13.2. The maximum Gasteiger partial charge on any atom is 0.227 e. The molecular formula is C18H18FN3O. The molecule has 1 aromatic carbocycles. The van der Waals surface area contributed by atoms with Crippen LogP contribution in [0, 0.1) is 5.82 Å². The van der Waals surface area contributed by atoms with E-state index >= 15 is 0 Å². The van der Waals surface area contributed by atoms with Gasteiger partial charge in [-0.25, -0.2) is 4.39 Å². The number of carbonyl (C=O) groups excluding carboxylic acids is 1. The van der Waals surface area contributed by atoms with E-state index < -0.39 is 0 Å². The van der Waals surface area contributed by atoms with Crippen LogP contribution in [0.4, 0.5) is 4.39 Å². The lowest BCUT2D eigenvalue weighted by molar-refractivity contribution is -0.131. The fourth-order valence-electron chi connectivity index (χ4n) is 2.67. The van der Waals surface area contributed by atoms with Crippen LogP contribution >= 0.6 is 0 Å². The van der Waals surface area contributed by atoms with E-state index in [0.29, 0.717) is 5.52 Å². The monoisotopic (exact) mass is 311 g/mol. The van der Waals surface area contributed by atoms with Crippen LogP contribution in [-0.4, -0.2) is 27.8 Å². The van der Waals surface area contributed by atoms with Gasteiger partial charge in [0.15, 0.2) is 0 Å². The van der Waals surface area contributed by atoms with E-state index in [-0.39, 0.29) is 24.2 Å². The summed E-state index contributed by atoms with van der Waals surface area (Å²) in [5.74, 6) is -0.278. The first-order valence-electron chi connectivity index (χ1n) is 7.47. The Balaban J connectivity index is 1.77. The Labute approximate surface area is 134 Å². The smallest absolute Gasteiger partial charge is 0.227 e. The lowest BCUT2D eigenvalue weighted by atomic mass is 10.1. The molecule has 2 aromatic heterocycles. The molecule has 2 heterocycles. The second-order valence-electron chi connectivity index (χ2n) is 5.64. The van der Waals surface area contributed by atoms with Crippen LogP contribution in [0.2, 0.25) is 0 Å². The highest BCUT2D eigenvalue weighted by Gasteiger charge is 2.19. The first kappa shape index (κ1) is 15.2. The van der Waals surface area contributed by atoms with Crippen molar-refractivity contribution < 1.29 is 9.18 Å². The number of nitrogens with one attached hydrogen (secondary N) is 1. The predicted molar refractivity (Wildman–Crippen MR) is 87.4 cm³/mol. The number of hydrogen-bond acceptors (Lipinski definition) is 2. The molecule has 0 unspecified atom stereocenters. The Morgan fingerprint density at radius 2 is 2.04 bits per heavy atom. The summed E-state index contributed by atoms with van der Waals surface area (Å²) in [5, 5.41) is 0.879. The number of carbonyl (C=O) groups is 1. The van der Waals surface area contributed by atoms with Gasteiger partial charge in [0.25, 0.3) is 0 Å². The van der Waals surface area contributed by atoms with Gasteiger partial charge in [0, 0.05) is 36.5 Å². The molecule has 118 valence electrons. The zero-order chi connectivity index (χ0) is 16.4. The van der Waals surface area contributed by atoms with Gasteiger partial charge in [0.2, 0.25) is 5.91 Å². The van der Waals surface area contributed by atoms with Gasteiger partial charge in [-0.05, 0) is 48.4 Å². The first-order valence-corrected chi connectivity index (χ1v) is 7.47. The number of aromatic nitrogens is 2. The second kappa shape index (κ2) is 6.20. The fraction of sp³-hybridized carbons (Fsp3) is 0.222. The highest BCUT2D eigenvalue weighted by Crippen LogP contribution is 2.22. The van der Waals surface area contributed by atoms with Gasteiger partial charge >= 0.3 is 0 Å². The Morgan fingerprint density at radius 3 is 2.78 bits per heavy atom. The minimum absolute atomic E-state index is 0.0135. The second-order valence-corrected chi connectivity index (χ2v) is 5.64. The molecule has 0 fully saturated rings. The van der Waals surface area contributed by atoms with E-state index in [1.807, 2.05) is 19.1 Å². The van der Waals surface area contributed by atoms with Crippen molar-refractivity contribution in [3.05, 3.63) is 65.9 Å². The van der Waals surface area contributed by atoms with Crippen LogP contribution in [0.1, 0.15) is 24.1 Å². The summed E-state index contributed by atoms with van der Waals surface area (Å²) in [6, 6.07) is 8.33. The van der Waals surface area contributed by atoms with Crippen molar-refractivity contribution in [3.63, 3.8) is 0 Å². The van der Waals surface area contributed by atoms with Crippen LogP contribution in [0.25, 0.3) is 10.9 Å². The molecule has 5 heteroatoms. The largest absolute Gasteiger partial charge is 0.361 e. The van der Waals surface area contributed by atoms with Crippen molar-refractivity contribution in [2.75, 3.05) is 7.05 Å². The van der Waals surface area contributed by atoms with E-state index in [1.54, 1.807) is 36.6 Å². The zero-order valence-corrected chi connectivity index (χ0v) is 13.1. The molecule has 0 aliphatic rings. The van der Waals surface area contributed by atoms with Gasteiger partial charge in [-0.3, -0.25) is 9.78 Å². The average molecular weight is 311 g/mol. The highest BCUT2D eigenvalue weighted by molar-refractivity contribution is 5.89. The number of H-pyrrole nitrogens is 1. The number of benzene rings is 1. The van der Waals surface area contributed by atoms with Gasteiger partial charge in [-0.1, -0.05) is 0 Å². The molecule has 1 N–H and O–H groups in total. The number of amides is 1. The van der Waals surface area contributed by atoms with Gasteiger partial charge in [0.1, 0.15) is 5.82 Å². The number of halogens is 1. The van der Waals surface area contributed by atoms with E-state index in [1.165, 1.54) is 12.1 Å². The van der Waals surface area contributed by atoms with Gasteiger partial charge in [0.05, 0.1) is 12.5 Å². The van der Waals surface area contributed by atoms with Crippen molar-refractivity contribution in [1.29, 1.82) is 0 Å². The van der Waals surface area contributed by atoms with Crippen LogP contribution in [0.15, 0.2) is 48.9 Å². The number of hydrogen-bond donors (Lipinski definition) is 1. The molecule has 4 nitrogen and oxygen atoms in total. The maximum absolute atomic E-state index is 13.2. The van der Waals surface area contributed by atoms with E-state index in [2.05, 4.69) is 9.97 Å². The van der Waals surface area contributed by atoms with Crippen molar-refractivity contribution >= 4 is 16.8 Å². The van der Waals surface area contributed by atoms with Crippen molar-refractivity contribution in [3.8, 4) is 0 Å². The molecule has 3 rings (SSSR count). The number of pyridine rings is 1.